The summed E-state index contributed by atoms with van der Waals surface area (Å²) in [5.41, 5.74) is 3.70. The molecule has 0 N–H and O–H groups in total. The second kappa shape index (κ2) is 6.39. The van der Waals surface area contributed by atoms with Crippen molar-refractivity contribution in [3.8, 4) is 11.3 Å². The third-order valence-corrected chi connectivity index (χ3v) is 3.08. The highest BCUT2D eigenvalue weighted by Gasteiger charge is 2.09. The molecule has 3 heterocycles. The molecular formula is C15H13ClFN3. The molecule has 3 aromatic heterocycles. The lowest BCUT2D eigenvalue weighted by atomic mass is 10.1. The first kappa shape index (κ1) is 14.3. The third-order valence-electron chi connectivity index (χ3n) is 2.78. The topological polar surface area (TPSA) is 38.7 Å². The van der Waals surface area contributed by atoms with Crippen LogP contribution in [-0.2, 0) is 0 Å². The molecule has 0 unspecified atom stereocenters. The summed E-state index contributed by atoms with van der Waals surface area (Å²) in [6.45, 7) is 2.01. The van der Waals surface area contributed by atoms with Gasteiger partial charge in [-0.25, -0.2) is 4.98 Å². The number of rotatable bonds is 1. The predicted molar refractivity (Wildman–Crippen MR) is 79.5 cm³/mol. The van der Waals surface area contributed by atoms with Crippen LogP contribution in [0, 0.1) is 6.92 Å². The van der Waals surface area contributed by atoms with Gasteiger partial charge in [0.25, 0.3) is 0 Å². The summed E-state index contributed by atoms with van der Waals surface area (Å²) in [7, 11) is 0.500. The molecule has 0 aliphatic heterocycles. The van der Waals surface area contributed by atoms with Gasteiger partial charge in [-0.2, -0.15) is 0 Å². The van der Waals surface area contributed by atoms with Crippen LogP contribution in [0.2, 0.25) is 5.15 Å². The van der Waals surface area contributed by atoms with Crippen LogP contribution in [-0.4, -0.2) is 22.1 Å². The molecule has 20 heavy (non-hydrogen) atoms. The second-order valence-corrected chi connectivity index (χ2v) is 4.44. The lowest BCUT2D eigenvalue weighted by Gasteiger charge is -2.06. The quantitative estimate of drug-likeness (QED) is 0.629. The van der Waals surface area contributed by atoms with Crippen LogP contribution in [0.5, 0.6) is 0 Å². The van der Waals surface area contributed by atoms with E-state index in [0.29, 0.717) is 12.3 Å². The Morgan fingerprint density at radius 3 is 2.50 bits per heavy atom. The van der Waals surface area contributed by atoms with Gasteiger partial charge in [0.2, 0.25) is 0 Å². The van der Waals surface area contributed by atoms with Gasteiger partial charge in [-0.15, -0.1) is 0 Å². The van der Waals surface area contributed by atoms with E-state index in [0.717, 1.165) is 27.7 Å². The zero-order valence-electron chi connectivity index (χ0n) is 11.1. The van der Waals surface area contributed by atoms with Gasteiger partial charge in [-0.05, 0) is 30.7 Å². The number of halogens is 2. The van der Waals surface area contributed by atoms with Crippen LogP contribution < -0.4 is 0 Å². The van der Waals surface area contributed by atoms with E-state index in [1.54, 1.807) is 12.4 Å². The summed E-state index contributed by atoms with van der Waals surface area (Å²) in [6.07, 6.45) is 5.30. The van der Waals surface area contributed by atoms with Gasteiger partial charge >= 0.3 is 0 Å². The van der Waals surface area contributed by atoms with Crippen molar-refractivity contribution in [1.82, 2.24) is 15.0 Å². The highest BCUT2D eigenvalue weighted by atomic mass is 35.5. The van der Waals surface area contributed by atoms with Gasteiger partial charge < -0.3 is 0 Å². The van der Waals surface area contributed by atoms with Gasteiger partial charge in [-0.3, -0.25) is 14.4 Å². The van der Waals surface area contributed by atoms with Crippen molar-refractivity contribution < 1.29 is 4.39 Å². The first-order valence-corrected chi connectivity index (χ1v) is 6.33. The van der Waals surface area contributed by atoms with Crippen molar-refractivity contribution in [2.45, 2.75) is 6.92 Å². The van der Waals surface area contributed by atoms with E-state index in [2.05, 4.69) is 15.0 Å². The van der Waals surface area contributed by atoms with Crippen molar-refractivity contribution in [3.63, 3.8) is 0 Å². The predicted octanol–water partition coefficient (Wildman–Crippen LogP) is 4.24. The summed E-state index contributed by atoms with van der Waals surface area (Å²) >= 11 is 6.07. The SMILES string of the molecule is CF.Cc1ccc(-c2cnc(Cl)c3cccnc23)nc1. The van der Waals surface area contributed by atoms with Crippen LogP contribution >= 0.6 is 11.6 Å². The molecule has 0 saturated heterocycles. The molecule has 5 heteroatoms. The Balaban J connectivity index is 0.000000704. The van der Waals surface area contributed by atoms with Gasteiger partial charge in [0.15, 0.2) is 0 Å². The maximum atomic E-state index is 9.50. The molecule has 3 nitrogen and oxygen atoms in total. The highest BCUT2D eigenvalue weighted by molar-refractivity contribution is 6.34. The Bertz CT molecular complexity index is 714. The molecule has 0 aliphatic carbocycles. The molecular weight excluding hydrogens is 277 g/mol. The van der Waals surface area contributed by atoms with Crippen LogP contribution in [0.1, 0.15) is 5.56 Å². The fraction of sp³-hybridized carbons (Fsp3) is 0.133. The number of aryl methyl sites for hydroxylation is 1. The molecule has 3 aromatic rings. The van der Waals surface area contributed by atoms with Gasteiger partial charge in [0.1, 0.15) is 5.15 Å². The fourth-order valence-corrected chi connectivity index (χ4v) is 2.05. The number of hydrogen-bond donors (Lipinski definition) is 0. The van der Waals surface area contributed by atoms with E-state index in [9.17, 15) is 4.39 Å². The van der Waals surface area contributed by atoms with Gasteiger partial charge in [0.05, 0.1) is 18.4 Å². The van der Waals surface area contributed by atoms with E-state index in [1.165, 1.54) is 0 Å². The minimum absolute atomic E-state index is 0.467. The molecule has 0 aliphatic rings. The van der Waals surface area contributed by atoms with Crippen LogP contribution in [0.3, 0.4) is 0 Å². The summed E-state index contributed by atoms with van der Waals surface area (Å²) in [6, 6.07) is 7.75. The lowest BCUT2D eigenvalue weighted by molar-refractivity contribution is 0.636. The van der Waals surface area contributed by atoms with Crippen molar-refractivity contribution in [1.29, 1.82) is 0 Å². The molecule has 3 rings (SSSR count). The fourth-order valence-electron chi connectivity index (χ4n) is 1.85. The summed E-state index contributed by atoms with van der Waals surface area (Å²) in [5, 5.41) is 1.31. The summed E-state index contributed by atoms with van der Waals surface area (Å²) < 4.78 is 9.50. The monoisotopic (exact) mass is 289 g/mol. The Morgan fingerprint density at radius 2 is 1.80 bits per heavy atom. The Labute approximate surface area is 121 Å². The van der Waals surface area contributed by atoms with E-state index in [1.807, 2.05) is 37.4 Å². The molecule has 0 amide bonds. The second-order valence-electron chi connectivity index (χ2n) is 4.08. The summed E-state index contributed by atoms with van der Waals surface area (Å²) in [5.74, 6) is 0. The minimum Gasteiger partial charge on any atom is -0.256 e. The van der Waals surface area contributed by atoms with E-state index in [4.69, 9.17) is 11.6 Å². The maximum Gasteiger partial charge on any atom is 0.138 e. The average Bonchev–Trinajstić information content (AvgIpc) is 2.51. The van der Waals surface area contributed by atoms with Crippen molar-refractivity contribution in [2.24, 2.45) is 0 Å². The van der Waals surface area contributed by atoms with Gasteiger partial charge in [0, 0.05) is 29.5 Å². The largest absolute Gasteiger partial charge is 0.256 e. The molecule has 0 atom stereocenters. The molecule has 0 fully saturated rings. The Hall–Kier alpha value is -2.07. The molecule has 0 radical (unpaired) electrons. The standard InChI is InChI=1S/C14H10ClN3.CH3F/c1-9-4-5-12(17-7-9)11-8-18-14(15)10-3-2-6-16-13(10)11;1-2/h2-8H,1H3;1H3. The van der Waals surface area contributed by atoms with E-state index in [-0.39, 0.29) is 0 Å². The Morgan fingerprint density at radius 1 is 1.00 bits per heavy atom. The van der Waals surface area contributed by atoms with Gasteiger partial charge in [-0.1, -0.05) is 17.7 Å². The number of aromatic nitrogens is 3. The van der Waals surface area contributed by atoms with E-state index < -0.39 is 0 Å². The molecule has 0 bridgehead atoms. The van der Waals surface area contributed by atoms with Crippen molar-refractivity contribution in [3.05, 3.63) is 53.6 Å². The minimum atomic E-state index is 0.467. The zero-order chi connectivity index (χ0) is 14.5. The number of pyridine rings is 3. The molecule has 0 saturated carbocycles. The zero-order valence-corrected chi connectivity index (χ0v) is 11.9. The van der Waals surface area contributed by atoms with Crippen LogP contribution in [0.4, 0.5) is 4.39 Å². The smallest absolute Gasteiger partial charge is 0.138 e. The maximum absolute atomic E-state index is 9.50. The summed E-state index contributed by atoms with van der Waals surface area (Å²) in [4.78, 5) is 13.0. The normalized spacial score (nSPS) is 10.0. The highest BCUT2D eigenvalue weighted by Crippen LogP contribution is 2.28. The number of alkyl halides is 1. The molecule has 102 valence electrons. The number of nitrogens with zero attached hydrogens (tertiary/aromatic N) is 3. The van der Waals surface area contributed by atoms with Crippen molar-refractivity contribution in [2.75, 3.05) is 7.18 Å². The van der Waals surface area contributed by atoms with Crippen molar-refractivity contribution >= 4 is 22.5 Å². The average molecular weight is 290 g/mol. The number of hydrogen-bond acceptors (Lipinski definition) is 3. The molecule has 0 aromatic carbocycles. The van der Waals surface area contributed by atoms with Crippen LogP contribution in [0.25, 0.3) is 22.2 Å². The first-order valence-electron chi connectivity index (χ1n) is 5.96. The van der Waals surface area contributed by atoms with Crippen LogP contribution in [0.15, 0.2) is 42.9 Å². The Kier molecular flexibility index (Phi) is 4.58. The first-order chi connectivity index (χ1) is 9.75. The molecule has 0 spiro atoms. The third kappa shape index (κ3) is 2.75. The van der Waals surface area contributed by atoms with E-state index >= 15 is 0 Å². The lowest BCUT2D eigenvalue weighted by Crippen LogP contribution is -1.90. The number of fused-ring (bicyclic) bond motifs is 1.